The largest absolute Gasteiger partial charge is 0.327 e. The predicted molar refractivity (Wildman–Crippen MR) is 142 cm³/mol. The van der Waals surface area contributed by atoms with Crippen LogP contribution in [0.4, 0.5) is 0 Å². The van der Waals surface area contributed by atoms with E-state index >= 15 is 0 Å². The zero-order valence-corrected chi connectivity index (χ0v) is 26.1. The van der Waals surface area contributed by atoms with Gasteiger partial charge in [0.2, 0.25) is 0 Å². The van der Waals surface area contributed by atoms with Gasteiger partial charge in [-0.05, 0) is 0 Å². The second kappa shape index (κ2) is 18.0. The van der Waals surface area contributed by atoms with Gasteiger partial charge in [0, 0.05) is 60.0 Å². The average Bonchev–Trinajstić information content (AvgIpc) is 2.84. The molecule has 0 aliphatic heterocycles. The van der Waals surface area contributed by atoms with Crippen LogP contribution in [0.5, 0.6) is 0 Å². The summed E-state index contributed by atoms with van der Waals surface area (Å²) < 4.78 is 71.0. The molecule has 0 N–H and O–H groups in total. The van der Waals surface area contributed by atoms with Crippen LogP contribution >= 0.6 is 22.8 Å². The molecular weight excluding hydrogens is 517 g/mol. The van der Waals surface area contributed by atoms with Crippen molar-refractivity contribution in [1.82, 2.24) is 0 Å². The van der Waals surface area contributed by atoms with Crippen LogP contribution in [-0.4, -0.2) is 68.1 Å². The molecule has 0 fully saturated rings. The summed E-state index contributed by atoms with van der Waals surface area (Å²) in [4.78, 5) is 0. The van der Waals surface area contributed by atoms with Gasteiger partial charge in [0.1, 0.15) is 0 Å². The highest BCUT2D eigenvalue weighted by Gasteiger charge is 2.50. The first-order valence-electron chi connectivity index (χ1n) is 12.2. The highest BCUT2D eigenvalue weighted by atomic mass is 31.2. The molecule has 9 nitrogen and oxygen atoms in total. The van der Waals surface area contributed by atoms with Crippen molar-refractivity contribution in [3.63, 3.8) is 0 Å². The summed E-state index contributed by atoms with van der Waals surface area (Å²) in [5.41, 5.74) is 0. The van der Waals surface area contributed by atoms with Gasteiger partial charge in [-0.1, -0.05) is 77.2 Å². The maximum atomic E-state index is 13.2. The second-order valence-electron chi connectivity index (χ2n) is 8.83. The molecule has 0 aromatic heterocycles. The first kappa shape index (κ1) is 34.7. The van der Waals surface area contributed by atoms with Crippen LogP contribution in [0.3, 0.4) is 0 Å². The van der Waals surface area contributed by atoms with Gasteiger partial charge in [0.25, 0.3) is 0 Å². The molecule has 13 heteroatoms. The highest BCUT2D eigenvalue weighted by molar-refractivity contribution is 7.64. The Morgan fingerprint density at radius 2 is 0.735 bits per heavy atom. The van der Waals surface area contributed by atoms with Crippen LogP contribution in [-0.2, 0) is 40.8 Å². The molecule has 0 rings (SSSR count). The smallest absolute Gasteiger partial charge is 0.312 e. The quantitative estimate of drug-likeness (QED) is 0.0709. The minimum atomic E-state index is -3.50. The molecule has 0 aromatic carbocycles. The van der Waals surface area contributed by atoms with Crippen molar-refractivity contribution in [2.24, 2.45) is 0 Å². The summed E-state index contributed by atoms with van der Waals surface area (Å²) in [7, 11) is -5.52. The van der Waals surface area contributed by atoms with Crippen LogP contribution in [0.15, 0.2) is 0 Å². The molecule has 0 amide bonds. The third-order valence-corrected chi connectivity index (χ3v) is 23.8. The number of hydrogen-bond donors (Lipinski definition) is 0. The molecule has 0 atom stereocenters. The molecule has 0 saturated carbocycles. The van der Waals surface area contributed by atoms with E-state index in [2.05, 4.69) is 6.92 Å². The topological polar surface area (TPSA) is 107 Å². The van der Waals surface area contributed by atoms with E-state index in [0.29, 0.717) is 6.04 Å². The van der Waals surface area contributed by atoms with E-state index < -0.39 is 30.9 Å². The van der Waals surface area contributed by atoms with Crippen molar-refractivity contribution in [2.75, 3.05) is 60.0 Å². The molecule has 0 aliphatic rings. The van der Waals surface area contributed by atoms with Crippen LogP contribution in [0.1, 0.15) is 71.1 Å². The van der Waals surface area contributed by atoms with Gasteiger partial charge < -0.3 is 27.1 Å². The molecule has 0 bridgehead atoms. The average molecular weight is 567 g/mol. The molecule has 0 saturated heterocycles. The lowest BCUT2D eigenvalue weighted by Crippen LogP contribution is -2.48. The standard InChI is InChI=1S/C21H49O9P3Si/c1-8-9-10-11-12-13-14-15-16-17-18-34(19-31(22,25-2)26-3,20-32(23,27-4)28-5)21-33(24,29-6)30-7/h8-21H2,1-7H3. The lowest BCUT2D eigenvalue weighted by atomic mass is 10.1. The van der Waals surface area contributed by atoms with Gasteiger partial charge in [0.15, 0.2) is 0 Å². The van der Waals surface area contributed by atoms with E-state index in [9.17, 15) is 13.7 Å². The van der Waals surface area contributed by atoms with Gasteiger partial charge >= 0.3 is 22.8 Å². The van der Waals surface area contributed by atoms with Gasteiger partial charge in [-0.15, -0.1) is 0 Å². The normalized spacial score (nSPS) is 13.5. The lowest BCUT2D eigenvalue weighted by molar-refractivity contribution is 0.277. The Morgan fingerprint density at radius 3 is 1.00 bits per heavy atom. The molecular formula is C21H49O9P3Si. The molecule has 206 valence electrons. The van der Waals surface area contributed by atoms with E-state index in [4.69, 9.17) is 27.1 Å². The molecule has 0 unspecified atom stereocenters. The Hall–Kier alpha value is 0.667. The zero-order valence-electron chi connectivity index (χ0n) is 22.4. The molecule has 0 aliphatic carbocycles. The zero-order chi connectivity index (χ0) is 26.1. The molecule has 0 heterocycles. The Morgan fingerprint density at radius 1 is 0.471 bits per heavy atom. The van der Waals surface area contributed by atoms with E-state index in [-0.39, 0.29) is 17.4 Å². The fraction of sp³-hybridized carbons (Fsp3) is 1.00. The Labute approximate surface area is 208 Å². The fourth-order valence-corrected chi connectivity index (χ4v) is 24.4. The van der Waals surface area contributed by atoms with Gasteiger partial charge in [-0.3, -0.25) is 13.7 Å². The van der Waals surface area contributed by atoms with E-state index in [1.807, 2.05) is 0 Å². The van der Waals surface area contributed by atoms with Gasteiger partial charge in [0.05, 0.1) is 8.07 Å². The fourth-order valence-electron chi connectivity index (χ4n) is 4.22. The number of hydrogen-bond acceptors (Lipinski definition) is 9. The van der Waals surface area contributed by atoms with E-state index in [0.717, 1.165) is 19.3 Å². The summed E-state index contributed by atoms with van der Waals surface area (Å²) in [5, 5.41) is 0. The van der Waals surface area contributed by atoms with E-state index in [1.165, 1.54) is 87.6 Å². The SMILES string of the molecule is CCCCCCCCCCCC[Si](CP(=O)(OC)OC)(CP(=O)(OC)OC)CP(=O)(OC)OC. The van der Waals surface area contributed by atoms with Crippen LogP contribution < -0.4 is 0 Å². The maximum Gasteiger partial charge on any atom is 0.327 e. The third-order valence-electron chi connectivity index (χ3n) is 6.32. The summed E-state index contributed by atoms with van der Waals surface area (Å²) in [6.45, 7) is 2.22. The van der Waals surface area contributed by atoms with Gasteiger partial charge in [-0.25, -0.2) is 0 Å². The van der Waals surface area contributed by atoms with Crippen LogP contribution in [0.25, 0.3) is 0 Å². The molecule has 34 heavy (non-hydrogen) atoms. The minimum Gasteiger partial charge on any atom is -0.312 e. The Kier molecular flexibility index (Phi) is 18.4. The highest BCUT2D eigenvalue weighted by Crippen LogP contribution is 2.59. The Bertz CT molecular complexity index is 585. The van der Waals surface area contributed by atoms with Crippen molar-refractivity contribution >= 4 is 30.9 Å². The van der Waals surface area contributed by atoms with Crippen LogP contribution in [0, 0.1) is 0 Å². The molecule has 0 aromatic rings. The maximum absolute atomic E-state index is 13.2. The van der Waals surface area contributed by atoms with Crippen molar-refractivity contribution in [3.05, 3.63) is 0 Å². The first-order valence-corrected chi connectivity index (χ1v) is 20.2. The van der Waals surface area contributed by atoms with Crippen molar-refractivity contribution in [1.29, 1.82) is 0 Å². The second-order valence-corrected chi connectivity index (χ2v) is 22.0. The minimum absolute atomic E-state index is 0.0256. The van der Waals surface area contributed by atoms with E-state index in [1.54, 1.807) is 0 Å². The lowest BCUT2D eigenvalue weighted by Gasteiger charge is -2.36. The van der Waals surface area contributed by atoms with Gasteiger partial charge in [-0.2, -0.15) is 0 Å². The predicted octanol–water partition coefficient (Wildman–Crippen LogP) is 7.43. The summed E-state index contributed by atoms with van der Waals surface area (Å²) in [5.74, 6) is 0.0769. The summed E-state index contributed by atoms with van der Waals surface area (Å²) in [6.07, 6.45) is 11.7. The molecule has 0 radical (unpaired) electrons. The van der Waals surface area contributed by atoms with Crippen molar-refractivity contribution < 1.29 is 40.8 Å². The van der Waals surface area contributed by atoms with Crippen LogP contribution in [0.2, 0.25) is 6.04 Å². The van der Waals surface area contributed by atoms with Crippen molar-refractivity contribution in [3.8, 4) is 0 Å². The first-order chi connectivity index (χ1) is 16.0. The number of rotatable bonds is 23. The third kappa shape index (κ3) is 13.3. The summed E-state index contributed by atoms with van der Waals surface area (Å²) >= 11 is 0. The monoisotopic (exact) mass is 566 g/mol. The molecule has 0 spiro atoms. The number of unbranched alkanes of at least 4 members (excludes halogenated alkanes) is 9. The summed E-state index contributed by atoms with van der Waals surface area (Å²) in [6, 6.07) is 0.605. The Balaban J connectivity index is 5.54. The van der Waals surface area contributed by atoms with Crippen molar-refractivity contribution in [2.45, 2.75) is 77.2 Å².